The summed E-state index contributed by atoms with van der Waals surface area (Å²) in [6.45, 7) is 1.78. The maximum absolute atomic E-state index is 10.5. The van der Waals surface area contributed by atoms with Crippen LogP contribution in [0.15, 0.2) is 29.3 Å². The number of nitrogens with zero attached hydrogens (tertiary/aromatic N) is 2. The molecule has 1 heterocycles. The predicted octanol–water partition coefficient (Wildman–Crippen LogP) is 2.04. The highest BCUT2D eigenvalue weighted by Gasteiger charge is 2.17. The lowest BCUT2D eigenvalue weighted by Crippen LogP contribution is -2.24. The molecule has 3 nitrogen and oxygen atoms in total. The van der Waals surface area contributed by atoms with E-state index in [-0.39, 0.29) is 0 Å². The molecule has 1 aliphatic heterocycles. The fraction of sp³-hybridized carbons (Fsp3) is 0.273. The van der Waals surface area contributed by atoms with E-state index in [1.54, 1.807) is 11.8 Å². The normalized spacial score (nSPS) is 15.3. The number of hydrogen-bond acceptors (Lipinski definition) is 4. The van der Waals surface area contributed by atoms with E-state index >= 15 is 0 Å². The number of carbonyl (C=O) groups is 1. The molecule has 2 rings (SSSR count). The predicted molar refractivity (Wildman–Crippen MR) is 65.0 cm³/mol. The van der Waals surface area contributed by atoms with Crippen LogP contribution >= 0.6 is 11.8 Å². The van der Waals surface area contributed by atoms with Gasteiger partial charge in [-0.1, -0.05) is 11.8 Å². The zero-order valence-electron chi connectivity index (χ0n) is 8.51. The molecule has 0 atom stereocenters. The van der Waals surface area contributed by atoms with E-state index in [0.29, 0.717) is 5.56 Å². The third kappa shape index (κ3) is 2.04. The Morgan fingerprint density at radius 1 is 1.40 bits per heavy atom. The molecule has 0 saturated heterocycles. The van der Waals surface area contributed by atoms with Crippen molar-refractivity contribution in [1.29, 1.82) is 0 Å². The lowest BCUT2D eigenvalue weighted by Gasteiger charge is -2.18. The van der Waals surface area contributed by atoms with Crippen LogP contribution in [0.1, 0.15) is 10.4 Å². The lowest BCUT2D eigenvalue weighted by atomic mass is 10.2. The summed E-state index contributed by atoms with van der Waals surface area (Å²) >= 11 is 1.65. The highest BCUT2D eigenvalue weighted by molar-refractivity contribution is 8.13. The third-order valence-electron chi connectivity index (χ3n) is 2.32. The molecular formula is C11H12N2OS. The highest BCUT2D eigenvalue weighted by atomic mass is 32.2. The third-order valence-corrected chi connectivity index (χ3v) is 3.04. The van der Waals surface area contributed by atoms with E-state index in [1.165, 1.54) is 0 Å². The van der Waals surface area contributed by atoms with Crippen LogP contribution in [-0.4, -0.2) is 30.8 Å². The summed E-state index contributed by atoms with van der Waals surface area (Å²) in [4.78, 5) is 17.1. The van der Waals surface area contributed by atoms with Crippen LogP contribution in [0, 0.1) is 0 Å². The molecular weight excluding hydrogens is 208 g/mol. The molecule has 0 radical (unpaired) electrons. The van der Waals surface area contributed by atoms with Crippen molar-refractivity contribution in [2.75, 3.05) is 24.2 Å². The Morgan fingerprint density at radius 3 is 2.73 bits per heavy atom. The first kappa shape index (κ1) is 10.2. The van der Waals surface area contributed by atoms with Crippen LogP contribution in [0.25, 0.3) is 0 Å². The summed E-state index contributed by atoms with van der Waals surface area (Å²) in [5.41, 5.74) is 1.81. The van der Waals surface area contributed by atoms with Crippen molar-refractivity contribution in [3.63, 3.8) is 0 Å². The number of aliphatic imine (C=N–C) groups is 1. The van der Waals surface area contributed by atoms with E-state index in [1.807, 2.05) is 30.5 Å². The number of rotatable bonds is 2. The lowest BCUT2D eigenvalue weighted by molar-refractivity contribution is 0.112. The van der Waals surface area contributed by atoms with E-state index in [4.69, 9.17) is 0 Å². The summed E-state index contributed by atoms with van der Waals surface area (Å²) in [6.07, 6.45) is 2.88. The van der Waals surface area contributed by atoms with Gasteiger partial charge in [-0.05, 0) is 30.5 Å². The van der Waals surface area contributed by atoms with Gasteiger partial charge in [-0.2, -0.15) is 0 Å². The monoisotopic (exact) mass is 220 g/mol. The van der Waals surface area contributed by atoms with E-state index in [2.05, 4.69) is 9.89 Å². The maximum Gasteiger partial charge on any atom is 0.163 e. The minimum absolute atomic E-state index is 0.709. The molecule has 4 heteroatoms. The van der Waals surface area contributed by atoms with Crippen molar-refractivity contribution in [2.24, 2.45) is 4.99 Å². The Bertz CT molecular complexity index is 386. The smallest absolute Gasteiger partial charge is 0.163 e. The van der Waals surface area contributed by atoms with Crippen LogP contribution in [0.3, 0.4) is 0 Å². The van der Waals surface area contributed by atoms with Gasteiger partial charge in [0.25, 0.3) is 0 Å². The van der Waals surface area contributed by atoms with Crippen molar-refractivity contribution < 1.29 is 4.79 Å². The summed E-state index contributed by atoms with van der Waals surface area (Å²) in [6, 6.07) is 7.58. The Morgan fingerprint density at radius 2 is 2.13 bits per heavy atom. The maximum atomic E-state index is 10.5. The van der Waals surface area contributed by atoms with Crippen molar-refractivity contribution in [1.82, 2.24) is 0 Å². The van der Waals surface area contributed by atoms with Gasteiger partial charge in [-0.25, -0.2) is 0 Å². The fourth-order valence-electron chi connectivity index (χ4n) is 1.57. The van der Waals surface area contributed by atoms with Crippen LogP contribution in [0.5, 0.6) is 0 Å². The topological polar surface area (TPSA) is 32.7 Å². The summed E-state index contributed by atoms with van der Waals surface area (Å²) in [5, 5.41) is 1.05. The quantitative estimate of drug-likeness (QED) is 0.715. The largest absolute Gasteiger partial charge is 0.319 e. The number of aldehydes is 1. The first-order chi connectivity index (χ1) is 7.35. The Balaban J connectivity index is 2.22. The molecule has 0 fully saturated rings. The van der Waals surface area contributed by atoms with Crippen molar-refractivity contribution in [3.8, 4) is 0 Å². The summed E-state index contributed by atoms with van der Waals surface area (Å²) in [7, 11) is 0. The second-order valence-corrected chi connectivity index (χ2v) is 4.00. The van der Waals surface area contributed by atoms with E-state index in [0.717, 1.165) is 30.2 Å². The molecule has 0 spiro atoms. The van der Waals surface area contributed by atoms with Crippen LogP contribution in [0.2, 0.25) is 0 Å². The molecule has 1 aliphatic rings. The molecule has 0 saturated carbocycles. The number of carbonyl (C=O) groups excluding carboxylic acids is 1. The van der Waals surface area contributed by atoms with Crippen LogP contribution in [0.4, 0.5) is 5.69 Å². The zero-order chi connectivity index (χ0) is 10.7. The second-order valence-electron chi connectivity index (χ2n) is 3.23. The number of amidine groups is 1. The standard InChI is InChI=1S/C11H12N2OS/c1-15-11-12-6-7-13(11)10-4-2-9(8-14)3-5-10/h2-5,8H,6-7H2,1H3. The van der Waals surface area contributed by atoms with Gasteiger partial charge in [0.2, 0.25) is 0 Å². The van der Waals surface area contributed by atoms with Crippen LogP contribution in [-0.2, 0) is 0 Å². The van der Waals surface area contributed by atoms with Gasteiger partial charge in [-0.15, -0.1) is 0 Å². The summed E-state index contributed by atoms with van der Waals surface area (Å²) in [5.74, 6) is 0. The van der Waals surface area contributed by atoms with E-state index < -0.39 is 0 Å². The molecule has 0 aromatic heterocycles. The van der Waals surface area contributed by atoms with Crippen molar-refractivity contribution in [2.45, 2.75) is 0 Å². The van der Waals surface area contributed by atoms with Gasteiger partial charge in [0.1, 0.15) is 6.29 Å². The van der Waals surface area contributed by atoms with Crippen molar-refractivity contribution in [3.05, 3.63) is 29.8 Å². The molecule has 1 aromatic carbocycles. The minimum Gasteiger partial charge on any atom is -0.319 e. The molecule has 78 valence electrons. The Labute approximate surface area is 93.2 Å². The minimum atomic E-state index is 0.709. The summed E-state index contributed by atoms with van der Waals surface area (Å²) < 4.78 is 0. The first-order valence-electron chi connectivity index (χ1n) is 4.76. The average molecular weight is 220 g/mol. The number of anilines is 1. The number of benzene rings is 1. The second kappa shape index (κ2) is 4.49. The Kier molecular flexibility index (Phi) is 3.06. The molecule has 1 aromatic rings. The molecule has 0 bridgehead atoms. The van der Waals surface area contributed by atoms with Gasteiger partial charge in [0.15, 0.2) is 5.17 Å². The van der Waals surface area contributed by atoms with Gasteiger partial charge >= 0.3 is 0 Å². The molecule has 0 amide bonds. The molecule has 15 heavy (non-hydrogen) atoms. The highest BCUT2D eigenvalue weighted by Crippen LogP contribution is 2.21. The number of hydrogen-bond donors (Lipinski definition) is 0. The van der Waals surface area contributed by atoms with Crippen LogP contribution < -0.4 is 4.90 Å². The SMILES string of the molecule is CSC1=NCCN1c1ccc(C=O)cc1. The average Bonchev–Trinajstić information content (AvgIpc) is 2.77. The van der Waals surface area contributed by atoms with Gasteiger partial charge < -0.3 is 4.90 Å². The number of thioether (sulfide) groups is 1. The molecule has 0 unspecified atom stereocenters. The van der Waals surface area contributed by atoms with Crippen molar-refractivity contribution >= 4 is 28.9 Å². The van der Waals surface area contributed by atoms with Gasteiger partial charge in [-0.3, -0.25) is 9.79 Å². The zero-order valence-corrected chi connectivity index (χ0v) is 9.33. The molecule has 0 aliphatic carbocycles. The van der Waals surface area contributed by atoms with E-state index in [9.17, 15) is 4.79 Å². The van der Waals surface area contributed by atoms with Gasteiger partial charge in [0, 0.05) is 17.8 Å². The fourth-order valence-corrected chi connectivity index (χ4v) is 2.21. The molecule has 0 N–H and O–H groups in total. The first-order valence-corrected chi connectivity index (χ1v) is 5.99. The Hall–Kier alpha value is -1.29. The van der Waals surface area contributed by atoms with Gasteiger partial charge in [0.05, 0.1) is 6.54 Å².